The minimum atomic E-state index is -0.116. The zero-order chi connectivity index (χ0) is 11.4. The summed E-state index contributed by atoms with van der Waals surface area (Å²) in [6, 6.07) is 0. The maximum absolute atomic E-state index is 11.7. The molecule has 0 aromatic heterocycles. The number of aliphatic hydroxyl groups is 1. The molecule has 4 heteroatoms. The van der Waals surface area contributed by atoms with E-state index in [1.807, 2.05) is 0 Å². The van der Waals surface area contributed by atoms with Gasteiger partial charge in [0, 0.05) is 13.2 Å². The lowest BCUT2D eigenvalue weighted by molar-refractivity contribution is -0.125. The van der Waals surface area contributed by atoms with Crippen LogP contribution < -0.4 is 5.32 Å². The molecule has 0 bridgehead atoms. The molecule has 1 saturated carbocycles. The van der Waals surface area contributed by atoms with E-state index < -0.39 is 0 Å². The van der Waals surface area contributed by atoms with E-state index in [1.54, 1.807) is 0 Å². The van der Waals surface area contributed by atoms with Gasteiger partial charge in [-0.2, -0.15) is 0 Å². The zero-order valence-corrected chi connectivity index (χ0v) is 9.65. The van der Waals surface area contributed by atoms with Crippen LogP contribution in [0, 0.1) is 11.8 Å². The molecule has 2 rings (SSSR count). The first-order valence-electron chi connectivity index (χ1n) is 6.29. The first kappa shape index (κ1) is 11.9. The maximum atomic E-state index is 11.7. The van der Waals surface area contributed by atoms with Crippen molar-refractivity contribution in [2.75, 3.05) is 19.8 Å². The van der Waals surface area contributed by atoms with E-state index in [4.69, 9.17) is 4.74 Å². The summed E-state index contributed by atoms with van der Waals surface area (Å²) in [5.74, 6) is 0.757. The first-order chi connectivity index (χ1) is 7.75. The summed E-state index contributed by atoms with van der Waals surface area (Å²) < 4.78 is 5.19. The van der Waals surface area contributed by atoms with E-state index in [0.29, 0.717) is 19.1 Å². The van der Waals surface area contributed by atoms with E-state index in [-0.39, 0.29) is 17.9 Å². The highest BCUT2D eigenvalue weighted by Gasteiger charge is 2.25. The third kappa shape index (κ3) is 3.19. The molecule has 1 saturated heterocycles. The highest BCUT2D eigenvalue weighted by atomic mass is 16.5. The van der Waals surface area contributed by atoms with Gasteiger partial charge in [-0.25, -0.2) is 0 Å². The van der Waals surface area contributed by atoms with Crippen molar-refractivity contribution in [2.45, 2.75) is 38.2 Å². The van der Waals surface area contributed by atoms with Crippen LogP contribution in [0.3, 0.4) is 0 Å². The summed E-state index contributed by atoms with van der Waals surface area (Å²) in [5, 5.41) is 12.4. The van der Waals surface area contributed by atoms with Crippen molar-refractivity contribution in [1.29, 1.82) is 0 Å². The second-order valence-corrected chi connectivity index (χ2v) is 4.98. The number of ether oxygens (including phenoxy) is 1. The molecule has 2 fully saturated rings. The Morgan fingerprint density at radius 2 is 2.00 bits per heavy atom. The molecular formula is C12H21NO3. The van der Waals surface area contributed by atoms with E-state index in [9.17, 15) is 9.90 Å². The van der Waals surface area contributed by atoms with Gasteiger partial charge < -0.3 is 15.2 Å². The van der Waals surface area contributed by atoms with Gasteiger partial charge in [0.25, 0.3) is 0 Å². The van der Waals surface area contributed by atoms with Gasteiger partial charge in [-0.3, -0.25) is 4.79 Å². The lowest BCUT2D eigenvalue weighted by Crippen LogP contribution is -2.36. The minimum absolute atomic E-state index is 0.0641. The molecule has 1 heterocycles. The fourth-order valence-electron chi connectivity index (χ4n) is 2.48. The monoisotopic (exact) mass is 227 g/mol. The van der Waals surface area contributed by atoms with Crippen LogP contribution in [0.2, 0.25) is 0 Å². The topological polar surface area (TPSA) is 58.6 Å². The Bertz CT molecular complexity index is 230. The maximum Gasteiger partial charge on any atom is 0.225 e. The fraction of sp³-hybridized carbons (Fsp3) is 0.917. The largest absolute Gasteiger partial charge is 0.393 e. The van der Waals surface area contributed by atoms with Crippen molar-refractivity contribution < 1.29 is 14.6 Å². The molecule has 1 unspecified atom stereocenters. The Hall–Kier alpha value is -0.610. The van der Waals surface area contributed by atoms with E-state index in [1.165, 1.54) is 0 Å². The van der Waals surface area contributed by atoms with Crippen LogP contribution in [-0.2, 0) is 9.53 Å². The van der Waals surface area contributed by atoms with Gasteiger partial charge in [0.05, 0.1) is 18.6 Å². The Balaban J connectivity index is 1.65. The molecule has 1 amide bonds. The molecule has 92 valence electrons. The molecular weight excluding hydrogens is 206 g/mol. The highest BCUT2D eigenvalue weighted by Crippen LogP contribution is 2.23. The lowest BCUT2D eigenvalue weighted by atomic mass is 9.87. The summed E-state index contributed by atoms with van der Waals surface area (Å²) in [7, 11) is 0. The third-order valence-corrected chi connectivity index (χ3v) is 3.68. The average molecular weight is 227 g/mol. The quantitative estimate of drug-likeness (QED) is 0.746. The number of hydrogen-bond donors (Lipinski definition) is 2. The molecule has 2 N–H and O–H groups in total. The molecule has 0 spiro atoms. The molecule has 2 aliphatic rings. The third-order valence-electron chi connectivity index (χ3n) is 3.68. The second kappa shape index (κ2) is 5.64. The van der Waals surface area contributed by atoms with E-state index in [0.717, 1.165) is 38.6 Å². The molecule has 0 radical (unpaired) electrons. The van der Waals surface area contributed by atoms with Crippen molar-refractivity contribution in [3.63, 3.8) is 0 Å². The van der Waals surface area contributed by atoms with Crippen LogP contribution in [0.1, 0.15) is 32.1 Å². The van der Waals surface area contributed by atoms with Crippen molar-refractivity contribution in [1.82, 2.24) is 5.32 Å². The van der Waals surface area contributed by atoms with Crippen molar-refractivity contribution in [3.05, 3.63) is 0 Å². The number of aliphatic hydroxyl groups excluding tert-OH is 1. The number of hydrogen-bond acceptors (Lipinski definition) is 3. The Morgan fingerprint density at radius 3 is 2.62 bits per heavy atom. The van der Waals surface area contributed by atoms with Gasteiger partial charge in [0.1, 0.15) is 0 Å². The standard InChI is InChI=1S/C12H21NO3/c14-11-3-1-9(2-4-11)7-13-12(15)10-5-6-16-8-10/h9-11,14H,1-8H2,(H,13,15). The van der Waals surface area contributed by atoms with Crippen LogP contribution in [0.5, 0.6) is 0 Å². The molecule has 1 aliphatic carbocycles. The minimum Gasteiger partial charge on any atom is -0.393 e. The van der Waals surface area contributed by atoms with Crippen LogP contribution in [0.25, 0.3) is 0 Å². The van der Waals surface area contributed by atoms with Crippen LogP contribution in [0.15, 0.2) is 0 Å². The Morgan fingerprint density at radius 1 is 1.25 bits per heavy atom. The number of amides is 1. The Kier molecular flexibility index (Phi) is 4.18. The summed E-state index contributed by atoms with van der Waals surface area (Å²) >= 11 is 0. The van der Waals surface area contributed by atoms with Crippen LogP contribution in [0.4, 0.5) is 0 Å². The van der Waals surface area contributed by atoms with E-state index >= 15 is 0 Å². The second-order valence-electron chi connectivity index (χ2n) is 4.98. The lowest BCUT2D eigenvalue weighted by Gasteiger charge is -2.25. The summed E-state index contributed by atoms with van der Waals surface area (Å²) in [4.78, 5) is 11.7. The van der Waals surface area contributed by atoms with Crippen LogP contribution in [-0.4, -0.2) is 36.9 Å². The van der Waals surface area contributed by atoms with Gasteiger partial charge >= 0.3 is 0 Å². The number of carbonyl (C=O) groups excluding carboxylic acids is 1. The molecule has 1 aliphatic heterocycles. The molecule has 1 atom stereocenters. The van der Waals surface area contributed by atoms with Crippen LogP contribution >= 0.6 is 0 Å². The smallest absolute Gasteiger partial charge is 0.225 e. The number of nitrogens with one attached hydrogen (secondary N) is 1. The summed E-state index contributed by atoms with van der Waals surface area (Å²) in [6.07, 6.45) is 4.57. The van der Waals surface area contributed by atoms with Crippen molar-refractivity contribution in [2.24, 2.45) is 11.8 Å². The first-order valence-corrected chi connectivity index (χ1v) is 6.29. The normalized spacial score (nSPS) is 34.9. The van der Waals surface area contributed by atoms with Gasteiger partial charge in [-0.15, -0.1) is 0 Å². The van der Waals surface area contributed by atoms with Gasteiger partial charge in [-0.05, 0) is 38.0 Å². The van der Waals surface area contributed by atoms with Crippen molar-refractivity contribution in [3.8, 4) is 0 Å². The predicted molar refractivity (Wildman–Crippen MR) is 59.9 cm³/mol. The SMILES string of the molecule is O=C(NCC1CCC(O)CC1)C1CCOC1. The van der Waals surface area contributed by atoms with Crippen molar-refractivity contribution >= 4 is 5.91 Å². The van der Waals surface area contributed by atoms with Gasteiger partial charge in [-0.1, -0.05) is 0 Å². The number of carbonyl (C=O) groups is 1. The number of rotatable bonds is 3. The summed E-state index contributed by atoms with van der Waals surface area (Å²) in [6.45, 7) is 2.06. The average Bonchev–Trinajstić information content (AvgIpc) is 2.81. The molecule has 0 aromatic rings. The predicted octanol–water partition coefficient (Wildman–Crippen LogP) is 0.690. The summed E-state index contributed by atoms with van der Waals surface area (Å²) in [5.41, 5.74) is 0. The molecule has 0 aromatic carbocycles. The van der Waals surface area contributed by atoms with Gasteiger partial charge in [0.2, 0.25) is 5.91 Å². The van der Waals surface area contributed by atoms with E-state index in [2.05, 4.69) is 5.32 Å². The van der Waals surface area contributed by atoms with Gasteiger partial charge in [0.15, 0.2) is 0 Å². The zero-order valence-electron chi connectivity index (χ0n) is 9.65. The Labute approximate surface area is 96.4 Å². The highest BCUT2D eigenvalue weighted by molar-refractivity contribution is 5.78. The molecule has 4 nitrogen and oxygen atoms in total. The fourth-order valence-corrected chi connectivity index (χ4v) is 2.48. The molecule has 16 heavy (non-hydrogen) atoms.